The van der Waals surface area contributed by atoms with Crippen LogP contribution in [-0.4, -0.2) is 48.4 Å². The van der Waals surface area contributed by atoms with Crippen LogP contribution < -0.4 is 4.90 Å². The van der Waals surface area contributed by atoms with Gasteiger partial charge in [0.15, 0.2) is 6.20 Å². The van der Waals surface area contributed by atoms with Gasteiger partial charge in [-0.3, -0.25) is 0 Å². The highest BCUT2D eigenvalue weighted by molar-refractivity contribution is 5.47. The summed E-state index contributed by atoms with van der Waals surface area (Å²) in [5, 5.41) is 10.6. The maximum atomic E-state index is 10.6. The Hall–Kier alpha value is -1.73. The van der Waals surface area contributed by atoms with E-state index in [9.17, 15) is 10.1 Å². The van der Waals surface area contributed by atoms with Gasteiger partial charge in [0.2, 0.25) is 0 Å². The van der Waals surface area contributed by atoms with E-state index in [2.05, 4.69) is 9.88 Å². The van der Waals surface area contributed by atoms with Crippen molar-refractivity contribution >= 4 is 11.5 Å². The Labute approximate surface area is 117 Å². The summed E-state index contributed by atoms with van der Waals surface area (Å²) < 4.78 is 11.2. The molecule has 1 aromatic rings. The lowest BCUT2D eigenvalue weighted by Crippen LogP contribution is -2.52. The Morgan fingerprint density at radius 1 is 1.55 bits per heavy atom. The molecule has 2 rings (SSSR count). The monoisotopic (exact) mass is 281 g/mol. The van der Waals surface area contributed by atoms with Crippen molar-refractivity contribution in [3.63, 3.8) is 0 Å². The number of methoxy groups -OCH3 is 1. The third-order valence-corrected chi connectivity index (χ3v) is 3.65. The van der Waals surface area contributed by atoms with Gasteiger partial charge >= 0.3 is 5.82 Å². The standard InChI is InChI=1S/C13H19N3O4/c1-13(2,19-3)11-9-15(6-7-20-11)10-4-5-12(14-8-10)16(17)18/h4-5,8,11H,6-7,9H2,1-3H3. The molecule has 0 saturated carbocycles. The Bertz CT molecular complexity index is 475. The van der Waals surface area contributed by atoms with Crippen LogP contribution >= 0.6 is 0 Å². The largest absolute Gasteiger partial charge is 0.376 e. The Morgan fingerprint density at radius 2 is 2.30 bits per heavy atom. The molecule has 7 heteroatoms. The first kappa shape index (κ1) is 14.7. The topological polar surface area (TPSA) is 77.7 Å². The van der Waals surface area contributed by atoms with Crippen molar-refractivity contribution in [2.24, 2.45) is 0 Å². The Morgan fingerprint density at radius 3 is 2.85 bits per heavy atom. The number of aromatic nitrogens is 1. The summed E-state index contributed by atoms with van der Waals surface area (Å²) in [5.41, 5.74) is 0.475. The van der Waals surface area contributed by atoms with Crippen molar-refractivity contribution in [2.45, 2.75) is 25.6 Å². The molecule has 7 nitrogen and oxygen atoms in total. The molecule has 1 aliphatic heterocycles. The van der Waals surface area contributed by atoms with Crippen LogP contribution in [0, 0.1) is 10.1 Å². The Kier molecular flexibility index (Phi) is 4.20. The predicted molar refractivity (Wildman–Crippen MR) is 73.9 cm³/mol. The number of morpholine rings is 1. The molecule has 1 atom stereocenters. The van der Waals surface area contributed by atoms with Crippen molar-refractivity contribution in [3.8, 4) is 0 Å². The molecule has 0 aliphatic carbocycles. The fraction of sp³-hybridized carbons (Fsp3) is 0.615. The van der Waals surface area contributed by atoms with Crippen LogP contribution in [0.5, 0.6) is 0 Å². The number of anilines is 1. The van der Waals surface area contributed by atoms with Gasteiger partial charge in [-0.05, 0) is 29.8 Å². The van der Waals surface area contributed by atoms with Crippen LogP contribution in [0.3, 0.4) is 0 Å². The molecule has 2 heterocycles. The van der Waals surface area contributed by atoms with E-state index in [1.54, 1.807) is 13.2 Å². The molecule has 0 aromatic carbocycles. The van der Waals surface area contributed by atoms with Crippen LogP contribution in [0.25, 0.3) is 0 Å². The van der Waals surface area contributed by atoms with Crippen LogP contribution in [0.4, 0.5) is 11.5 Å². The summed E-state index contributed by atoms with van der Waals surface area (Å²) in [6, 6.07) is 3.13. The molecule has 20 heavy (non-hydrogen) atoms. The lowest BCUT2D eigenvalue weighted by atomic mass is 9.99. The number of ether oxygens (including phenoxy) is 2. The molecule has 0 radical (unpaired) electrons. The number of nitro groups is 1. The second-order valence-electron chi connectivity index (χ2n) is 5.24. The van der Waals surface area contributed by atoms with E-state index in [1.165, 1.54) is 12.3 Å². The van der Waals surface area contributed by atoms with Gasteiger partial charge in [0, 0.05) is 26.3 Å². The minimum absolute atomic E-state index is 0.0589. The van der Waals surface area contributed by atoms with Crippen molar-refractivity contribution in [1.29, 1.82) is 0 Å². The van der Waals surface area contributed by atoms with Crippen LogP contribution in [0.1, 0.15) is 13.8 Å². The molecule has 1 fully saturated rings. The van der Waals surface area contributed by atoms with Gasteiger partial charge in [0.25, 0.3) is 0 Å². The van der Waals surface area contributed by atoms with Gasteiger partial charge in [-0.25, -0.2) is 0 Å². The third-order valence-electron chi connectivity index (χ3n) is 3.65. The quantitative estimate of drug-likeness (QED) is 0.616. The average Bonchev–Trinajstić information content (AvgIpc) is 2.47. The van der Waals surface area contributed by atoms with Crippen molar-refractivity contribution in [1.82, 2.24) is 4.98 Å². The van der Waals surface area contributed by atoms with Gasteiger partial charge in [-0.2, -0.15) is 0 Å². The molecule has 110 valence electrons. The number of pyridine rings is 1. The summed E-state index contributed by atoms with van der Waals surface area (Å²) in [5.74, 6) is -0.143. The van der Waals surface area contributed by atoms with Crippen LogP contribution in [0.15, 0.2) is 18.3 Å². The van der Waals surface area contributed by atoms with E-state index in [1.807, 2.05) is 13.8 Å². The number of hydrogen-bond donors (Lipinski definition) is 0. The fourth-order valence-corrected chi connectivity index (χ4v) is 2.11. The lowest BCUT2D eigenvalue weighted by molar-refractivity contribution is -0.389. The zero-order valence-corrected chi connectivity index (χ0v) is 11.9. The highest BCUT2D eigenvalue weighted by atomic mass is 16.6. The molecule has 1 aliphatic rings. The first-order valence-electron chi connectivity index (χ1n) is 6.46. The van der Waals surface area contributed by atoms with Gasteiger partial charge in [-0.1, -0.05) is 0 Å². The average molecular weight is 281 g/mol. The highest BCUT2D eigenvalue weighted by Gasteiger charge is 2.34. The second-order valence-corrected chi connectivity index (χ2v) is 5.24. The summed E-state index contributed by atoms with van der Waals surface area (Å²) in [6.45, 7) is 5.95. The van der Waals surface area contributed by atoms with Crippen LogP contribution in [0.2, 0.25) is 0 Å². The van der Waals surface area contributed by atoms with Crippen molar-refractivity contribution < 1.29 is 14.4 Å². The minimum atomic E-state index is -0.500. The molecule has 0 bridgehead atoms. The Balaban J connectivity index is 2.11. The summed E-state index contributed by atoms with van der Waals surface area (Å²) in [6.07, 6.45) is 1.47. The van der Waals surface area contributed by atoms with E-state index in [-0.39, 0.29) is 17.5 Å². The zero-order chi connectivity index (χ0) is 14.8. The predicted octanol–water partition coefficient (Wildman–Crippen LogP) is 1.62. The normalized spacial score (nSPS) is 19.9. The first-order chi connectivity index (χ1) is 9.44. The van der Waals surface area contributed by atoms with Gasteiger partial charge in [-0.15, -0.1) is 0 Å². The number of rotatable bonds is 4. The smallest absolute Gasteiger partial charge is 0.363 e. The van der Waals surface area contributed by atoms with E-state index in [0.29, 0.717) is 13.2 Å². The number of hydrogen-bond acceptors (Lipinski definition) is 6. The summed E-state index contributed by atoms with van der Waals surface area (Å²) >= 11 is 0. The number of nitrogens with zero attached hydrogens (tertiary/aromatic N) is 3. The van der Waals surface area contributed by atoms with Crippen LogP contribution in [-0.2, 0) is 9.47 Å². The van der Waals surface area contributed by atoms with E-state index in [0.717, 1.165) is 12.2 Å². The molecular formula is C13H19N3O4. The van der Waals surface area contributed by atoms with E-state index in [4.69, 9.17) is 9.47 Å². The lowest BCUT2D eigenvalue weighted by Gasteiger charge is -2.41. The highest BCUT2D eigenvalue weighted by Crippen LogP contribution is 2.25. The zero-order valence-electron chi connectivity index (χ0n) is 11.9. The maximum Gasteiger partial charge on any atom is 0.363 e. The molecule has 1 saturated heterocycles. The van der Waals surface area contributed by atoms with E-state index < -0.39 is 4.92 Å². The van der Waals surface area contributed by atoms with Crippen molar-refractivity contribution in [3.05, 3.63) is 28.4 Å². The molecule has 0 spiro atoms. The molecule has 1 aromatic heterocycles. The van der Waals surface area contributed by atoms with E-state index >= 15 is 0 Å². The van der Waals surface area contributed by atoms with Gasteiger partial charge in [0.1, 0.15) is 6.10 Å². The molecule has 0 amide bonds. The molecule has 0 N–H and O–H groups in total. The first-order valence-corrected chi connectivity index (χ1v) is 6.46. The second kappa shape index (κ2) is 5.72. The molecule has 1 unspecified atom stereocenters. The third kappa shape index (κ3) is 3.05. The minimum Gasteiger partial charge on any atom is -0.376 e. The SMILES string of the molecule is COC(C)(C)C1CN(c2ccc([N+](=O)[O-])nc2)CCO1. The maximum absolute atomic E-state index is 10.6. The summed E-state index contributed by atoms with van der Waals surface area (Å²) in [4.78, 5) is 16.1. The van der Waals surface area contributed by atoms with Gasteiger partial charge in [0.05, 0.1) is 17.9 Å². The fourth-order valence-electron chi connectivity index (χ4n) is 2.11. The van der Waals surface area contributed by atoms with Crippen molar-refractivity contribution in [2.75, 3.05) is 31.7 Å². The molecular weight excluding hydrogens is 262 g/mol. The summed E-state index contributed by atoms with van der Waals surface area (Å²) in [7, 11) is 1.66. The van der Waals surface area contributed by atoms with Gasteiger partial charge < -0.3 is 24.5 Å².